The highest BCUT2D eigenvalue weighted by atomic mass is 31.2. The second-order valence-corrected chi connectivity index (χ2v) is 3.45. The fraction of sp³-hybridized carbons (Fsp3) is 0.333. The van der Waals surface area contributed by atoms with Crippen LogP contribution in [0.4, 0.5) is 9.59 Å². The summed E-state index contributed by atoms with van der Waals surface area (Å²) in [6.45, 7) is 3.09. The van der Waals surface area contributed by atoms with Gasteiger partial charge in [-0.2, -0.15) is 4.57 Å². The molecule has 0 heterocycles. The van der Waals surface area contributed by atoms with Crippen molar-refractivity contribution in [3.05, 3.63) is 12.8 Å². The molecule has 15 heavy (non-hydrogen) atoms. The summed E-state index contributed by atoms with van der Waals surface area (Å²) in [5, 5.41) is 4.02. The predicted molar refractivity (Wildman–Crippen MR) is 50.0 cm³/mol. The summed E-state index contributed by atoms with van der Waals surface area (Å²) in [6.07, 6.45) is -1.40. The molecule has 0 fully saturated rings. The summed E-state index contributed by atoms with van der Waals surface area (Å²) in [5.74, 6) is 0. The van der Waals surface area contributed by atoms with Crippen LogP contribution in [0.3, 0.4) is 0 Å². The molecule has 0 saturated heterocycles. The van der Waals surface area contributed by atoms with Crippen LogP contribution in [0.15, 0.2) is 12.8 Å². The van der Waals surface area contributed by atoms with Crippen LogP contribution in [-0.2, 0) is 18.1 Å². The van der Waals surface area contributed by atoms with Gasteiger partial charge in [-0.25, -0.2) is 9.59 Å². The zero-order chi connectivity index (χ0) is 11.9. The number of carbonyl (C=O) groups excluding carboxylic acids is 2. The fourth-order valence-electron chi connectivity index (χ4n) is 0.447. The first-order valence-electron chi connectivity index (χ1n) is 3.69. The first kappa shape index (κ1) is 13.3. The van der Waals surface area contributed by atoms with E-state index in [-0.39, 0.29) is 0 Å². The predicted octanol–water partition coefficient (Wildman–Crippen LogP) is 0.967. The minimum absolute atomic E-state index is 0.729. The molecular weight excluding hydrogens is 227 g/mol. The van der Waals surface area contributed by atoms with E-state index in [0.717, 1.165) is 6.26 Å². The van der Waals surface area contributed by atoms with E-state index in [2.05, 4.69) is 20.2 Å². The number of phosphoric ester groups is 1. The van der Waals surface area contributed by atoms with Crippen molar-refractivity contribution >= 4 is 20.0 Å². The third-order valence-corrected chi connectivity index (χ3v) is 2.19. The van der Waals surface area contributed by atoms with E-state index in [1.165, 1.54) is 14.1 Å². The molecule has 0 aliphatic heterocycles. The molecule has 86 valence electrons. The van der Waals surface area contributed by atoms with E-state index in [9.17, 15) is 14.2 Å². The summed E-state index contributed by atoms with van der Waals surface area (Å²) in [4.78, 5) is 21.5. The second kappa shape index (κ2) is 5.92. The van der Waals surface area contributed by atoms with E-state index in [0.29, 0.717) is 0 Å². The largest absolute Gasteiger partial charge is 0.653 e. The first-order chi connectivity index (χ1) is 6.97. The zero-order valence-corrected chi connectivity index (χ0v) is 9.08. The Labute approximate surface area is 86.2 Å². The van der Waals surface area contributed by atoms with Crippen molar-refractivity contribution in [2.45, 2.75) is 0 Å². The minimum atomic E-state index is -4.31. The molecule has 0 radical (unpaired) electrons. The van der Waals surface area contributed by atoms with Crippen LogP contribution in [0.5, 0.6) is 0 Å². The van der Waals surface area contributed by atoms with Crippen LogP contribution >= 0.6 is 7.82 Å². The fourth-order valence-corrected chi connectivity index (χ4v) is 1.34. The van der Waals surface area contributed by atoms with Crippen LogP contribution in [0.2, 0.25) is 0 Å². The maximum Gasteiger partial charge on any atom is 0.653 e. The second-order valence-electron chi connectivity index (χ2n) is 1.98. The van der Waals surface area contributed by atoms with Crippen LogP contribution < -0.4 is 10.6 Å². The number of nitrogens with one attached hydrogen (secondary N) is 2. The highest BCUT2D eigenvalue weighted by molar-refractivity contribution is 7.49. The molecule has 2 amide bonds. The number of phosphoric acid groups is 1. The molecule has 0 atom stereocenters. The Morgan fingerprint density at radius 3 is 1.87 bits per heavy atom. The molecule has 0 unspecified atom stereocenters. The number of carbonyl (C=O) groups is 2. The molecule has 0 rings (SSSR count). The Morgan fingerprint density at radius 2 is 1.60 bits per heavy atom. The van der Waals surface area contributed by atoms with Gasteiger partial charge in [-0.1, -0.05) is 6.58 Å². The first-order valence-corrected chi connectivity index (χ1v) is 5.15. The van der Waals surface area contributed by atoms with E-state index < -0.39 is 20.0 Å². The van der Waals surface area contributed by atoms with Crippen molar-refractivity contribution in [3.63, 3.8) is 0 Å². The Balaban J connectivity index is 4.58. The summed E-state index contributed by atoms with van der Waals surface area (Å²) in [5.41, 5.74) is 0. The van der Waals surface area contributed by atoms with Gasteiger partial charge >= 0.3 is 20.0 Å². The van der Waals surface area contributed by atoms with Gasteiger partial charge in [0.1, 0.15) is 0 Å². The summed E-state index contributed by atoms with van der Waals surface area (Å²) in [7, 11) is -1.83. The Morgan fingerprint density at radius 1 is 1.20 bits per heavy atom. The van der Waals surface area contributed by atoms with Crippen molar-refractivity contribution in [3.8, 4) is 0 Å². The molecular formula is C6H11N2O6P. The number of hydrogen-bond acceptors (Lipinski definition) is 6. The molecule has 0 saturated carbocycles. The molecule has 0 aromatic heterocycles. The van der Waals surface area contributed by atoms with Gasteiger partial charge in [-0.05, 0) is 0 Å². The highest BCUT2D eigenvalue weighted by Crippen LogP contribution is 2.49. The molecule has 0 aromatic carbocycles. The average Bonchev–Trinajstić information content (AvgIpc) is 2.17. The molecule has 0 aliphatic rings. The molecule has 0 aliphatic carbocycles. The van der Waals surface area contributed by atoms with Crippen molar-refractivity contribution in [2.24, 2.45) is 0 Å². The van der Waals surface area contributed by atoms with Crippen LogP contribution in [-0.4, -0.2) is 26.3 Å². The van der Waals surface area contributed by atoms with Gasteiger partial charge in [0.15, 0.2) is 0 Å². The number of rotatable bonds is 4. The topological polar surface area (TPSA) is 103 Å². The normalized spacial score (nSPS) is 9.73. The van der Waals surface area contributed by atoms with Gasteiger partial charge in [0.2, 0.25) is 0 Å². The van der Waals surface area contributed by atoms with Crippen LogP contribution in [0, 0.1) is 0 Å². The van der Waals surface area contributed by atoms with Crippen molar-refractivity contribution in [2.75, 3.05) is 14.1 Å². The molecule has 9 heteroatoms. The zero-order valence-electron chi connectivity index (χ0n) is 8.18. The van der Waals surface area contributed by atoms with Crippen LogP contribution in [0.1, 0.15) is 0 Å². The molecule has 2 N–H and O–H groups in total. The Hall–Kier alpha value is -1.69. The van der Waals surface area contributed by atoms with E-state index in [1.54, 1.807) is 0 Å². The number of amides is 2. The van der Waals surface area contributed by atoms with E-state index >= 15 is 0 Å². The van der Waals surface area contributed by atoms with Crippen molar-refractivity contribution < 1.29 is 27.7 Å². The number of hydrogen-bond donors (Lipinski definition) is 2. The average molecular weight is 238 g/mol. The SMILES string of the molecule is C=COP(=O)(OC(=O)NC)OC(=O)NC. The summed E-state index contributed by atoms with van der Waals surface area (Å²) < 4.78 is 24.3. The summed E-state index contributed by atoms with van der Waals surface area (Å²) in [6, 6.07) is 0. The van der Waals surface area contributed by atoms with Gasteiger partial charge in [0.05, 0.1) is 6.26 Å². The lowest BCUT2D eigenvalue weighted by Gasteiger charge is -2.14. The molecule has 0 aromatic rings. The standard InChI is InChI=1S/C6H11N2O6P/c1-4-12-15(11,13-5(9)7-2)14-6(10)8-3/h4H,1H2,2-3H3,(H,7,9)(H,8,10). The Kier molecular flexibility index (Phi) is 5.25. The van der Waals surface area contributed by atoms with Crippen molar-refractivity contribution in [1.29, 1.82) is 0 Å². The van der Waals surface area contributed by atoms with Gasteiger partial charge < -0.3 is 24.2 Å². The third kappa shape index (κ3) is 4.92. The van der Waals surface area contributed by atoms with Gasteiger partial charge in [-0.15, -0.1) is 0 Å². The van der Waals surface area contributed by atoms with Gasteiger partial charge in [0.25, 0.3) is 0 Å². The van der Waals surface area contributed by atoms with Gasteiger partial charge in [-0.3, -0.25) is 0 Å². The molecule has 0 bridgehead atoms. The maximum atomic E-state index is 11.5. The van der Waals surface area contributed by atoms with Crippen LogP contribution in [0.25, 0.3) is 0 Å². The minimum Gasteiger partial charge on any atom is -0.394 e. The Bertz CT molecular complexity index is 282. The van der Waals surface area contributed by atoms with Gasteiger partial charge in [0, 0.05) is 14.1 Å². The maximum absolute atomic E-state index is 11.5. The quantitative estimate of drug-likeness (QED) is 0.558. The lowest BCUT2D eigenvalue weighted by Crippen LogP contribution is -2.23. The summed E-state index contributed by atoms with van der Waals surface area (Å²) >= 11 is 0. The van der Waals surface area contributed by atoms with Crippen molar-refractivity contribution in [1.82, 2.24) is 10.6 Å². The molecule has 8 nitrogen and oxygen atoms in total. The lowest BCUT2D eigenvalue weighted by molar-refractivity contribution is 0.153. The monoisotopic (exact) mass is 238 g/mol. The molecule has 0 spiro atoms. The highest BCUT2D eigenvalue weighted by Gasteiger charge is 2.35. The smallest absolute Gasteiger partial charge is 0.394 e. The third-order valence-electron chi connectivity index (χ3n) is 1.00. The van der Waals surface area contributed by atoms with E-state index in [1.807, 2.05) is 10.6 Å². The van der Waals surface area contributed by atoms with E-state index in [4.69, 9.17) is 0 Å². The lowest BCUT2D eigenvalue weighted by atomic mass is 11.1.